The lowest BCUT2D eigenvalue weighted by Crippen LogP contribution is -2.28. The Bertz CT molecular complexity index is 613. The third kappa shape index (κ3) is 4.49. The number of hydrogen-bond acceptors (Lipinski definition) is 9. The van der Waals surface area contributed by atoms with Crippen molar-refractivity contribution in [3.8, 4) is 0 Å². The summed E-state index contributed by atoms with van der Waals surface area (Å²) in [6.07, 6.45) is -2.06. The highest BCUT2D eigenvalue weighted by atomic mass is 16.6. The minimum atomic E-state index is -1.20. The number of nitro groups is 1. The van der Waals surface area contributed by atoms with Crippen molar-refractivity contribution in [3.05, 3.63) is 20.5 Å². The molecule has 0 aliphatic heterocycles. The zero-order valence-electron chi connectivity index (χ0n) is 12.0. The standard InChI is InChI=1S/C11H17N5O6/c1-3-6(18)7(19)4-12-9-8(16(21)22)10(20)15-11(14-9)13-5(2)17/h5-6,17-18H,3-4H2,1-2H3,(H3,12,13,14,15,20)/t5?,6-/m0/s1. The van der Waals surface area contributed by atoms with E-state index in [4.69, 9.17) is 0 Å². The molecule has 1 aromatic rings. The number of aromatic nitrogens is 2. The van der Waals surface area contributed by atoms with Crippen molar-refractivity contribution in [3.63, 3.8) is 0 Å². The number of aliphatic hydroxyl groups is 2. The zero-order chi connectivity index (χ0) is 16.9. The van der Waals surface area contributed by atoms with E-state index < -0.39 is 46.6 Å². The summed E-state index contributed by atoms with van der Waals surface area (Å²) >= 11 is 0. The molecule has 11 heteroatoms. The average molecular weight is 315 g/mol. The number of rotatable bonds is 8. The van der Waals surface area contributed by atoms with Crippen LogP contribution in [0.15, 0.2) is 4.79 Å². The fourth-order valence-electron chi connectivity index (χ4n) is 1.54. The fourth-order valence-corrected chi connectivity index (χ4v) is 1.54. The number of hydrogen-bond donors (Lipinski definition) is 5. The normalized spacial score (nSPS) is 13.3. The van der Waals surface area contributed by atoms with Crippen LogP contribution in [-0.4, -0.2) is 49.8 Å². The number of nitrogens with one attached hydrogen (secondary N) is 3. The summed E-state index contributed by atoms with van der Waals surface area (Å²) in [6.45, 7) is 2.53. The van der Waals surface area contributed by atoms with Gasteiger partial charge < -0.3 is 20.8 Å². The quantitative estimate of drug-likeness (QED) is 0.233. The first kappa shape index (κ1) is 17.5. The number of aliphatic hydroxyl groups excluding tert-OH is 2. The first-order valence-corrected chi connectivity index (χ1v) is 6.44. The van der Waals surface area contributed by atoms with Crippen molar-refractivity contribution in [2.45, 2.75) is 32.6 Å². The third-order valence-corrected chi connectivity index (χ3v) is 2.61. The molecule has 1 aromatic heterocycles. The van der Waals surface area contributed by atoms with E-state index in [0.29, 0.717) is 0 Å². The van der Waals surface area contributed by atoms with E-state index in [0.717, 1.165) is 0 Å². The molecule has 0 saturated heterocycles. The third-order valence-electron chi connectivity index (χ3n) is 2.61. The van der Waals surface area contributed by atoms with Gasteiger partial charge in [0, 0.05) is 0 Å². The SMILES string of the molecule is CC[C@H](O)C(=O)CNc1nc(NC(C)O)[nH]c(=O)c1[N+](=O)[O-]. The Morgan fingerprint density at radius 2 is 2.14 bits per heavy atom. The maximum atomic E-state index is 11.7. The number of H-pyrrole nitrogens is 1. The number of ketones is 1. The van der Waals surface area contributed by atoms with Gasteiger partial charge in [0.05, 0.1) is 11.5 Å². The van der Waals surface area contributed by atoms with Crippen LogP contribution < -0.4 is 16.2 Å². The fraction of sp³-hybridized carbons (Fsp3) is 0.545. The molecule has 0 amide bonds. The van der Waals surface area contributed by atoms with Crippen LogP contribution >= 0.6 is 0 Å². The van der Waals surface area contributed by atoms with Gasteiger partial charge in [-0.1, -0.05) is 6.92 Å². The number of aromatic amines is 1. The molecule has 0 aromatic carbocycles. The molecule has 0 spiro atoms. The molecule has 5 N–H and O–H groups in total. The van der Waals surface area contributed by atoms with E-state index in [2.05, 4.69) is 20.6 Å². The molecule has 0 saturated carbocycles. The van der Waals surface area contributed by atoms with Crippen LogP contribution in [0.25, 0.3) is 0 Å². The van der Waals surface area contributed by atoms with Crippen LogP contribution in [0.5, 0.6) is 0 Å². The molecule has 0 aliphatic rings. The van der Waals surface area contributed by atoms with Crippen LogP contribution in [0.1, 0.15) is 20.3 Å². The van der Waals surface area contributed by atoms with E-state index in [1.54, 1.807) is 6.92 Å². The van der Waals surface area contributed by atoms with Gasteiger partial charge in [-0.2, -0.15) is 4.98 Å². The summed E-state index contributed by atoms with van der Waals surface area (Å²) in [5.74, 6) is -1.23. The second-order valence-corrected chi connectivity index (χ2v) is 4.43. The first-order chi connectivity index (χ1) is 10.3. The van der Waals surface area contributed by atoms with Crippen molar-refractivity contribution >= 4 is 23.2 Å². The molecule has 0 radical (unpaired) electrons. The molecule has 22 heavy (non-hydrogen) atoms. The maximum Gasteiger partial charge on any atom is 0.375 e. The van der Waals surface area contributed by atoms with Gasteiger partial charge in [-0.3, -0.25) is 24.7 Å². The minimum absolute atomic E-state index is 0.195. The Hall–Kier alpha value is -2.53. The monoisotopic (exact) mass is 315 g/mol. The second kappa shape index (κ2) is 7.47. The zero-order valence-corrected chi connectivity index (χ0v) is 12.0. The molecule has 0 fully saturated rings. The summed E-state index contributed by atoms with van der Waals surface area (Å²) in [4.78, 5) is 39.0. The average Bonchev–Trinajstić information content (AvgIpc) is 2.41. The Labute approximate surface area is 124 Å². The highest BCUT2D eigenvalue weighted by molar-refractivity contribution is 5.87. The van der Waals surface area contributed by atoms with Gasteiger partial charge in [0.1, 0.15) is 12.3 Å². The molecule has 1 heterocycles. The van der Waals surface area contributed by atoms with Crippen LogP contribution in [0.4, 0.5) is 17.5 Å². The Kier molecular flexibility index (Phi) is 5.95. The molecular formula is C11H17N5O6. The van der Waals surface area contributed by atoms with Gasteiger partial charge in [-0.25, -0.2) is 0 Å². The van der Waals surface area contributed by atoms with Gasteiger partial charge in [0.25, 0.3) is 0 Å². The van der Waals surface area contributed by atoms with Crippen molar-refractivity contribution < 1.29 is 19.9 Å². The molecule has 0 bridgehead atoms. The second-order valence-electron chi connectivity index (χ2n) is 4.43. The molecular weight excluding hydrogens is 298 g/mol. The highest BCUT2D eigenvalue weighted by Gasteiger charge is 2.24. The topological polar surface area (TPSA) is 170 Å². The van der Waals surface area contributed by atoms with E-state index in [-0.39, 0.29) is 12.4 Å². The number of carbonyl (C=O) groups excluding carboxylic acids is 1. The Morgan fingerprint density at radius 3 is 2.64 bits per heavy atom. The Balaban J connectivity index is 3.08. The largest absolute Gasteiger partial charge is 0.385 e. The first-order valence-electron chi connectivity index (χ1n) is 6.44. The summed E-state index contributed by atoms with van der Waals surface area (Å²) in [7, 11) is 0. The van der Waals surface area contributed by atoms with E-state index in [1.165, 1.54) is 6.92 Å². The summed E-state index contributed by atoms with van der Waals surface area (Å²) in [5, 5.41) is 34.2. The summed E-state index contributed by atoms with van der Waals surface area (Å²) in [6, 6.07) is 0. The van der Waals surface area contributed by atoms with Crippen molar-refractivity contribution in [1.82, 2.24) is 9.97 Å². The highest BCUT2D eigenvalue weighted by Crippen LogP contribution is 2.17. The summed E-state index contributed by atoms with van der Waals surface area (Å²) in [5.41, 5.74) is -1.91. The number of Topliss-reactive ketones (excluding diaryl/α,β-unsaturated/α-hetero) is 1. The van der Waals surface area contributed by atoms with Crippen molar-refractivity contribution in [2.24, 2.45) is 0 Å². The molecule has 0 aliphatic carbocycles. The van der Waals surface area contributed by atoms with Crippen LogP contribution in [-0.2, 0) is 4.79 Å². The van der Waals surface area contributed by atoms with Gasteiger partial charge in [0.2, 0.25) is 11.8 Å². The maximum absolute atomic E-state index is 11.7. The van der Waals surface area contributed by atoms with E-state index in [1.807, 2.05) is 0 Å². The van der Waals surface area contributed by atoms with Crippen LogP contribution in [0.3, 0.4) is 0 Å². The van der Waals surface area contributed by atoms with Crippen LogP contribution in [0, 0.1) is 10.1 Å². The predicted molar refractivity (Wildman–Crippen MR) is 76.6 cm³/mol. The number of nitrogens with zero attached hydrogens (tertiary/aromatic N) is 2. The number of anilines is 2. The van der Waals surface area contributed by atoms with E-state index >= 15 is 0 Å². The van der Waals surface area contributed by atoms with Gasteiger partial charge in [0.15, 0.2) is 5.78 Å². The van der Waals surface area contributed by atoms with Crippen molar-refractivity contribution in [2.75, 3.05) is 17.2 Å². The molecule has 11 nitrogen and oxygen atoms in total. The van der Waals surface area contributed by atoms with Crippen molar-refractivity contribution in [1.29, 1.82) is 0 Å². The Morgan fingerprint density at radius 1 is 1.50 bits per heavy atom. The predicted octanol–water partition coefficient (Wildman–Crippen LogP) is -0.820. The van der Waals surface area contributed by atoms with Gasteiger partial charge in [-0.05, 0) is 13.3 Å². The number of carbonyl (C=O) groups is 1. The van der Waals surface area contributed by atoms with Gasteiger partial charge >= 0.3 is 11.2 Å². The molecule has 122 valence electrons. The lowest BCUT2D eigenvalue weighted by Gasteiger charge is -2.11. The minimum Gasteiger partial charge on any atom is -0.385 e. The van der Waals surface area contributed by atoms with Gasteiger partial charge in [-0.15, -0.1) is 0 Å². The molecule has 1 rings (SSSR count). The van der Waals surface area contributed by atoms with E-state index in [9.17, 15) is 29.9 Å². The summed E-state index contributed by atoms with van der Waals surface area (Å²) < 4.78 is 0. The lowest BCUT2D eigenvalue weighted by atomic mass is 10.2. The van der Waals surface area contributed by atoms with Crippen LogP contribution in [0.2, 0.25) is 0 Å². The lowest BCUT2D eigenvalue weighted by molar-refractivity contribution is -0.385. The molecule has 1 unspecified atom stereocenters. The molecule has 2 atom stereocenters. The smallest absolute Gasteiger partial charge is 0.375 e.